The van der Waals surface area contributed by atoms with Crippen LogP contribution in [0.1, 0.15) is 13.8 Å². The van der Waals surface area contributed by atoms with E-state index in [2.05, 4.69) is 0 Å². The summed E-state index contributed by atoms with van der Waals surface area (Å²) < 4.78 is 0. The molecule has 4 N–H and O–H groups in total. The molecule has 0 heterocycles. The van der Waals surface area contributed by atoms with Gasteiger partial charge in [-0.1, -0.05) is 0 Å². The van der Waals surface area contributed by atoms with E-state index in [1.165, 1.54) is 25.8 Å². The van der Waals surface area contributed by atoms with Crippen molar-refractivity contribution in [2.45, 2.75) is 25.9 Å². The van der Waals surface area contributed by atoms with E-state index in [-0.39, 0.29) is 0 Å². The minimum absolute atomic E-state index is 0.627. The Morgan fingerprint density at radius 1 is 1.27 bits per heavy atom. The molecular weight excluding hydrogens is 202 g/mol. The number of carboxylic acids is 1. The average molecular weight is 217 g/mol. The molecule has 0 fully saturated rings. The largest absolute Gasteiger partial charge is 0.480 e. The molecule has 0 rings (SSSR count). The van der Waals surface area contributed by atoms with E-state index in [1.807, 2.05) is 5.32 Å². The van der Waals surface area contributed by atoms with Gasteiger partial charge in [0.15, 0.2) is 0 Å². The van der Waals surface area contributed by atoms with Crippen molar-refractivity contribution in [3.63, 3.8) is 0 Å². The number of nitrogens with one attached hydrogen (secondary N) is 1. The van der Waals surface area contributed by atoms with Crippen molar-refractivity contribution in [3.8, 4) is 0 Å². The van der Waals surface area contributed by atoms with Gasteiger partial charge < -0.3 is 10.8 Å². The lowest BCUT2D eigenvalue weighted by Gasteiger charge is -2.26. The van der Waals surface area contributed by atoms with Gasteiger partial charge in [-0.15, -0.1) is 0 Å². The summed E-state index contributed by atoms with van der Waals surface area (Å²) in [6.07, 6.45) is 0. The number of primary amides is 1. The first-order valence-corrected chi connectivity index (χ1v) is 4.32. The van der Waals surface area contributed by atoms with Crippen LogP contribution in [0.5, 0.6) is 0 Å². The maximum atomic E-state index is 11.3. The van der Waals surface area contributed by atoms with Crippen molar-refractivity contribution in [1.82, 2.24) is 10.2 Å². The standard InChI is InChI=1S/C8H15N3O4/c1-4(6(12)10-8(9)15)11(3)5(2)7(13)14/h4-5H,1-3H3,(H,13,14)(H3,9,10,12,15). The van der Waals surface area contributed by atoms with Gasteiger partial charge >= 0.3 is 12.0 Å². The lowest BCUT2D eigenvalue weighted by Crippen LogP contribution is -2.51. The zero-order valence-electron chi connectivity index (χ0n) is 8.85. The first-order valence-electron chi connectivity index (χ1n) is 4.32. The van der Waals surface area contributed by atoms with Gasteiger partial charge in [0.2, 0.25) is 5.91 Å². The zero-order valence-corrected chi connectivity index (χ0v) is 8.85. The van der Waals surface area contributed by atoms with Crippen LogP contribution in [-0.2, 0) is 9.59 Å². The van der Waals surface area contributed by atoms with E-state index in [0.29, 0.717) is 0 Å². The van der Waals surface area contributed by atoms with Crippen molar-refractivity contribution >= 4 is 17.9 Å². The second kappa shape index (κ2) is 5.30. The third-order valence-corrected chi connectivity index (χ3v) is 2.21. The lowest BCUT2D eigenvalue weighted by atomic mass is 10.2. The van der Waals surface area contributed by atoms with Gasteiger partial charge in [0.05, 0.1) is 6.04 Å². The van der Waals surface area contributed by atoms with E-state index in [1.54, 1.807) is 0 Å². The van der Waals surface area contributed by atoms with Crippen molar-refractivity contribution in [1.29, 1.82) is 0 Å². The summed E-state index contributed by atoms with van der Waals surface area (Å²) in [6.45, 7) is 2.92. The molecule has 2 unspecified atom stereocenters. The second-order valence-corrected chi connectivity index (χ2v) is 3.21. The molecule has 7 heteroatoms. The lowest BCUT2D eigenvalue weighted by molar-refractivity contribution is -0.143. The molecule has 0 aromatic rings. The Labute approximate surface area is 87.2 Å². The number of likely N-dealkylation sites (N-methyl/N-ethyl adjacent to an activating group) is 1. The number of aliphatic carboxylic acids is 1. The highest BCUT2D eigenvalue weighted by Gasteiger charge is 2.26. The first-order chi connectivity index (χ1) is 6.77. The van der Waals surface area contributed by atoms with E-state index in [4.69, 9.17) is 10.8 Å². The van der Waals surface area contributed by atoms with Crippen LogP contribution in [0, 0.1) is 0 Å². The van der Waals surface area contributed by atoms with Crippen molar-refractivity contribution in [2.24, 2.45) is 5.73 Å². The third kappa shape index (κ3) is 3.94. The van der Waals surface area contributed by atoms with Crippen molar-refractivity contribution in [3.05, 3.63) is 0 Å². The number of rotatable bonds is 4. The summed E-state index contributed by atoms with van der Waals surface area (Å²) in [5.74, 6) is -1.67. The molecule has 0 aromatic heterocycles. The van der Waals surface area contributed by atoms with E-state index < -0.39 is 30.0 Å². The molecule has 0 radical (unpaired) electrons. The number of imide groups is 1. The fraction of sp³-hybridized carbons (Fsp3) is 0.625. The molecule has 0 aromatic carbocycles. The minimum atomic E-state index is -1.05. The number of nitrogens with zero attached hydrogens (tertiary/aromatic N) is 1. The van der Waals surface area contributed by atoms with Crippen LogP contribution in [0.25, 0.3) is 0 Å². The van der Waals surface area contributed by atoms with Gasteiger partial charge in [0.1, 0.15) is 6.04 Å². The Hall–Kier alpha value is -1.63. The van der Waals surface area contributed by atoms with Gasteiger partial charge in [-0.05, 0) is 20.9 Å². The van der Waals surface area contributed by atoms with Crippen LogP contribution < -0.4 is 11.1 Å². The van der Waals surface area contributed by atoms with Gasteiger partial charge in [-0.25, -0.2) is 4.79 Å². The number of amides is 3. The first kappa shape index (κ1) is 13.4. The topological polar surface area (TPSA) is 113 Å². The van der Waals surface area contributed by atoms with Crippen molar-refractivity contribution in [2.75, 3.05) is 7.05 Å². The Morgan fingerprint density at radius 3 is 2.07 bits per heavy atom. The van der Waals surface area contributed by atoms with E-state index in [9.17, 15) is 14.4 Å². The molecule has 86 valence electrons. The third-order valence-electron chi connectivity index (χ3n) is 2.21. The Kier molecular flexibility index (Phi) is 4.72. The smallest absolute Gasteiger partial charge is 0.320 e. The molecule has 0 saturated carbocycles. The van der Waals surface area contributed by atoms with E-state index in [0.717, 1.165) is 0 Å². The highest BCUT2D eigenvalue weighted by Crippen LogP contribution is 2.02. The number of hydrogen-bond donors (Lipinski definition) is 3. The fourth-order valence-electron chi connectivity index (χ4n) is 0.920. The van der Waals surface area contributed by atoms with Crippen LogP contribution in [-0.4, -0.2) is 47.0 Å². The molecule has 0 aliphatic heterocycles. The summed E-state index contributed by atoms with van der Waals surface area (Å²) in [6, 6.07) is -2.52. The van der Waals surface area contributed by atoms with Gasteiger partial charge in [-0.3, -0.25) is 19.8 Å². The SMILES string of the molecule is CC(C(=O)O)N(C)C(C)C(=O)NC(N)=O. The maximum Gasteiger partial charge on any atom is 0.320 e. The minimum Gasteiger partial charge on any atom is -0.480 e. The van der Waals surface area contributed by atoms with Crippen LogP contribution >= 0.6 is 0 Å². The number of urea groups is 1. The predicted molar refractivity (Wildman–Crippen MR) is 52.0 cm³/mol. The average Bonchev–Trinajstić information content (AvgIpc) is 2.13. The Balaban J connectivity index is 4.43. The van der Waals surface area contributed by atoms with Crippen LogP contribution in [0.4, 0.5) is 4.79 Å². The molecule has 3 amide bonds. The molecule has 0 saturated heterocycles. The second-order valence-electron chi connectivity index (χ2n) is 3.21. The van der Waals surface area contributed by atoms with Crippen molar-refractivity contribution < 1.29 is 19.5 Å². The molecule has 0 aliphatic rings. The number of carboxylic acid groups (broad SMARTS) is 1. The predicted octanol–water partition coefficient (Wildman–Crippen LogP) is -1.03. The van der Waals surface area contributed by atoms with Gasteiger partial charge in [0.25, 0.3) is 0 Å². The molecule has 0 bridgehead atoms. The molecule has 2 atom stereocenters. The molecule has 0 aliphatic carbocycles. The molecule has 7 nitrogen and oxygen atoms in total. The van der Waals surface area contributed by atoms with Crippen LogP contribution in [0.3, 0.4) is 0 Å². The summed E-state index contributed by atoms with van der Waals surface area (Å²) >= 11 is 0. The highest BCUT2D eigenvalue weighted by atomic mass is 16.4. The Morgan fingerprint density at radius 2 is 1.73 bits per heavy atom. The molecule has 15 heavy (non-hydrogen) atoms. The number of nitrogens with two attached hydrogens (primary N) is 1. The monoisotopic (exact) mass is 217 g/mol. The van der Waals surface area contributed by atoms with Gasteiger partial charge in [0, 0.05) is 0 Å². The summed E-state index contributed by atoms with van der Waals surface area (Å²) in [5.41, 5.74) is 4.76. The molecular formula is C8H15N3O4. The van der Waals surface area contributed by atoms with Crippen LogP contribution in [0.2, 0.25) is 0 Å². The summed E-state index contributed by atoms with van der Waals surface area (Å²) in [5, 5.41) is 10.6. The Bertz CT molecular complexity index is 279. The number of carbonyl (C=O) groups excluding carboxylic acids is 2. The number of hydrogen-bond acceptors (Lipinski definition) is 4. The highest BCUT2D eigenvalue weighted by molar-refractivity contribution is 5.96. The zero-order chi connectivity index (χ0) is 12.2. The van der Waals surface area contributed by atoms with Crippen LogP contribution in [0.15, 0.2) is 0 Å². The summed E-state index contributed by atoms with van der Waals surface area (Å²) in [7, 11) is 1.48. The summed E-state index contributed by atoms with van der Waals surface area (Å²) in [4.78, 5) is 33.6. The quantitative estimate of drug-likeness (QED) is 0.557. The molecule has 0 spiro atoms. The number of carbonyl (C=O) groups is 3. The fourth-order valence-corrected chi connectivity index (χ4v) is 0.920. The van der Waals surface area contributed by atoms with Gasteiger partial charge in [-0.2, -0.15) is 0 Å². The maximum absolute atomic E-state index is 11.3. The van der Waals surface area contributed by atoms with E-state index >= 15 is 0 Å². The normalized spacial score (nSPS) is 14.4.